The van der Waals surface area contributed by atoms with Gasteiger partial charge in [-0.25, -0.2) is 0 Å². The van der Waals surface area contributed by atoms with E-state index < -0.39 is 6.04 Å². The van der Waals surface area contributed by atoms with E-state index in [0.29, 0.717) is 0 Å². The number of piperazine rings is 1. The Morgan fingerprint density at radius 1 is 1.33 bits per heavy atom. The van der Waals surface area contributed by atoms with Crippen molar-refractivity contribution in [1.82, 2.24) is 10.2 Å². The average molecular weight is 254 g/mol. The summed E-state index contributed by atoms with van der Waals surface area (Å²) < 4.78 is 0. The van der Waals surface area contributed by atoms with Crippen LogP contribution in [0.25, 0.3) is 0 Å². The number of amides is 2. The number of carbonyl (C=O) groups is 2. The van der Waals surface area contributed by atoms with Crippen molar-refractivity contribution < 1.29 is 9.59 Å². The van der Waals surface area contributed by atoms with Gasteiger partial charge in [-0.2, -0.15) is 0 Å². The van der Waals surface area contributed by atoms with Crippen molar-refractivity contribution in [2.75, 3.05) is 6.54 Å². The zero-order chi connectivity index (χ0) is 13.9. The second-order valence-corrected chi connectivity index (χ2v) is 6.18. The summed E-state index contributed by atoms with van der Waals surface area (Å²) in [6, 6.07) is -0.206. The van der Waals surface area contributed by atoms with Crippen molar-refractivity contribution in [1.29, 1.82) is 0 Å². The van der Waals surface area contributed by atoms with Gasteiger partial charge in [0.15, 0.2) is 0 Å². The first-order valence-electron chi connectivity index (χ1n) is 6.91. The molecule has 0 aromatic carbocycles. The maximum Gasteiger partial charge on any atom is 0.246 e. The van der Waals surface area contributed by atoms with Crippen LogP contribution in [0.4, 0.5) is 0 Å². The van der Waals surface area contributed by atoms with Gasteiger partial charge < -0.3 is 10.2 Å². The number of nitrogens with zero attached hydrogens (tertiary/aromatic N) is 1. The first kappa shape index (κ1) is 15.0. The highest BCUT2D eigenvalue weighted by molar-refractivity contribution is 5.95. The van der Waals surface area contributed by atoms with Crippen LogP contribution in [-0.4, -0.2) is 35.3 Å². The van der Waals surface area contributed by atoms with Crippen molar-refractivity contribution in [3.05, 3.63) is 0 Å². The van der Waals surface area contributed by atoms with Crippen LogP contribution in [0.3, 0.4) is 0 Å². The van der Waals surface area contributed by atoms with Gasteiger partial charge in [0, 0.05) is 6.04 Å². The molecule has 2 amide bonds. The minimum Gasteiger partial charge on any atom is -0.342 e. The Balaban J connectivity index is 2.91. The summed E-state index contributed by atoms with van der Waals surface area (Å²) in [6.45, 7) is 10.4. The zero-order valence-corrected chi connectivity index (χ0v) is 12.2. The lowest BCUT2D eigenvalue weighted by Crippen LogP contribution is -2.64. The molecule has 4 heteroatoms. The Kier molecular flexibility index (Phi) is 4.77. The molecule has 0 aliphatic carbocycles. The van der Waals surface area contributed by atoms with Crippen molar-refractivity contribution in [3.63, 3.8) is 0 Å². The van der Waals surface area contributed by atoms with E-state index in [2.05, 4.69) is 19.2 Å². The van der Waals surface area contributed by atoms with E-state index in [1.807, 2.05) is 20.8 Å². The Morgan fingerprint density at radius 3 is 2.39 bits per heavy atom. The summed E-state index contributed by atoms with van der Waals surface area (Å²) in [5.74, 6) is 0.0338. The van der Waals surface area contributed by atoms with E-state index in [-0.39, 0.29) is 29.8 Å². The van der Waals surface area contributed by atoms with E-state index in [1.54, 1.807) is 4.90 Å². The normalized spacial score (nSPS) is 22.9. The van der Waals surface area contributed by atoms with E-state index in [9.17, 15) is 9.59 Å². The Morgan fingerprint density at radius 2 is 1.94 bits per heavy atom. The minimum absolute atomic E-state index is 0.0379. The molecule has 0 aromatic heterocycles. The third kappa shape index (κ3) is 3.24. The van der Waals surface area contributed by atoms with E-state index in [4.69, 9.17) is 0 Å². The molecule has 2 atom stereocenters. The lowest BCUT2D eigenvalue weighted by molar-refractivity contribution is -0.150. The van der Waals surface area contributed by atoms with Crippen LogP contribution in [0, 0.1) is 5.41 Å². The van der Waals surface area contributed by atoms with E-state index in [0.717, 1.165) is 19.3 Å². The zero-order valence-electron chi connectivity index (χ0n) is 12.2. The molecule has 1 rings (SSSR count). The van der Waals surface area contributed by atoms with Crippen LogP contribution >= 0.6 is 0 Å². The third-order valence-corrected chi connectivity index (χ3v) is 3.55. The summed E-state index contributed by atoms with van der Waals surface area (Å²) in [7, 11) is 0. The topological polar surface area (TPSA) is 49.4 Å². The molecular weight excluding hydrogens is 228 g/mol. The summed E-state index contributed by atoms with van der Waals surface area (Å²) in [5.41, 5.74) is -0.240. The number of hydrogen-bond donors (Lipinski definition) is 1. The summed E-state index contributed by atoms with van der Waals surface area (Å²) in [6.07, 6.45) is 2.90. The number of rotatable bonds is 4. The van der Waals surface area contributed by atoms with Crippen molar-refractivity contribution in [3.8, 4) is 0 Å². The van der Waals surface area contributed by atoms with Crippen LogP contribution < -0.4 is 5.32 Å². The molecule has 18 heavy (non-hydrogen) atoms. The fourth-order valence-corrected chi connectivity index (χ4v) is 2.48. The molecule has 1 heterocycles. The molecule has 1 fully saturated rings. The quantitative estimate of drug-likeness (QED) is 0.833. The average Bonchev–Trinajstić information content (AvgIpc) is 2.27. The fraction of sp³-hybridized carbons (Fsp3) is 0.857. The van der Waals surface area contributed by atoms with Gasteiger partial charge in [-0.05, 0) is 18.3 Å². The van der Waals surface area contributed by atoms with Crippen LogP contribution in [0.2, 0.25) is 0 Å². The van der Waals surface area contributed by atoms with Crippen molar-refractivity contribution in [2.45, 2.75) is 66.0 Å². The fourth-order valence-electron chi connectivity index (χ4n) is 2.48. The van der Waals surface area contributed by atoms with Gasteiger partial charge in [-0.3, -0.25) is 9.59 Å². The largest absolute Gasteiger partial charge is 0.342 e. The lowest BCUT2D eigenvalue weighted by Gasteiger charge is -2.42. The second-order valence-electron chi connectivity index (χ2n) is 6.18. The SMILES string of the molecule is CCCC(CC)N1CC(=O)NC(C(C)(C)C)C1=O. The van der Waals surface area contributed by atoms with E-state index >= 15 is 0 Å². The monoisotopic (exact) mass is 254 g/mol. The molecule has 4 nitrogen and oxygen atoms in total. The van der Waals surface area contributed by atoms with E-state index in [1.165, 1.54) is 0 Å². The predicted molar refractivity (Wildman–Crippen MR) is 72.1 cm³/mol. The van der Waals surface area contributed by atoms with Gasteiger partial charge in [-0.15, -0.1) is 0 Å². The molecule has 1 aliphatic heterocycles. The molecule has 1 saturated heterocycles. The van der Waals surface area contributed by atoms with Crippen molar-refractivity contribution >= 4 is 11.8 Å². The van der Waals surface area contributed by atoms with Crippen LogP contribution in [-0.2, 0) is 9.59 Å². The molecule has 1 N–H and O–H groups in total. The second kappa shape index (κ2) is 5.72. The summed E-state index contributed by atoms with van der Waals surface area (Å²) in [5, 5.41) is 2.83. The Labute approximate surface area is 110 Å². The number of hydrogen-bond acceptors (Lipinski definition) is 2. The first-order chi connectivity index (χ1) is 8.31. The van der Waals surface area contributed by atoms with Gasteiger partial charge in [0.1, 0.15) is 6.04 Å². The van der Waals surface area contributed by atoms with Crippen LogP contribution in [0.15, 0.2) is 0 Å². The van der Waals surface area contributed by atoms with Gasteiger partial charge >= 0.3 is 0 Å². The maximum atomic E-state index is 12.5. The molecule has 0 bridgehead atoms. The highest BCUT2D eigenvalue weighted by atomic mass is 16.2. The van der Waals surface area contributed by atoms with Gasteiger partial charge in [0.25, 0.3) is 0 Å². The van der Waals surface area contributed by atoms with Crippen molar-refractivity contribution in [2.24, 2.45) is 5.41 Å². The van der Waals surface area contributed by atoms with Gasteiger partial charge in [0.2, 0.25) is 11.8 Å². The highest BCUT2D eigenvalue weighted by Gasteiger charge is 2.41. The molecule has 0 saturated carbocycles. The summed E-state index contributed by atoms with van der Waals surface area (Å²) in [4.78, 5) is 26.1. The van der Waals surface area contributed by atoms with Crippen LogP contribution in [0.1, 0.15) is 53.9 Å². The standard InChI is InChI=1S/C14H26N2O2/c1-6-8-10(7-2)16-9-11(17)15-12(13(16)18)14(3,4)5/h10,12H,6-9H2,1-5H3,(H,15,17). The number of nitrogens with one attached hydrogen (secondary N) is 1. The van der Waals surface area contributed by atoms with Gasteiger partial charge in [-0.1, -0.05) is 41.0 Å². The summed E-state index contributed by atoms with van der Waals surface area (Å²) >= 11 is 0. The van der Waals surface area contributed by atoms with Gasteiger partial charge in [0.05, 0.1) is 6.54 Å². The molecule has 0 radical (unpaired) electrons. The lowest BCUT2D eigenvalue weighted by atomic mass is 9.84. The molecular formula is C14H26N2O2. The molecule has 0 aromatic rings. The predicted octanol–water partition coefficient (Wildman–Crippen LogP) is 1.94. The smallest absolute Gasteiger partial charge is 0.246 e. The minimum atomic E-state index is -0.398. The highest BCUT2D eigenvalue weighted by Crippen LogP contribution is 2.25. The van der Waals surface area contributed by atoms with Crippen LogP contribution in [0.5, 0.6) is 0 Å². The molecule has 2 unspecified atom stereocenters. The third-order valence-electron chi connectivity index (χ3n) is 3.55. The number of carbonyl (C=O) groups excluding carboxylic acids is 2. The molecule has 0 spiro atoms. The first-order valence-corrected chi connectivity index (χ1v) is 6.91. The molecule has 1 aliphatic rings. The Bertz CT molecular complexity index is 320. The Hall–Kier alpha value is -1.06. The maximum absolute atomic E-state index is 12.5. The molecule has 104 valence electrons.